The van der Waals surface area contributed by atoms with Crippen LogP contribution in [0.3, 0.4) is 0 Å². The smallest absolute Gasteiger partial charge is 0.254 e. The number of amides is 1. The van der Waals surface area contributed by atoms with Gasteiger partial charge < -0.3 is 10.1 Å². The molecule has 5 heteroatoms. The molecule has 1 aromatic carbocycles. The average molecular weight is 307 g/mol. The van der Waals surface area contributed by atoms with Gasteiger partial charge in [0.1, 0.15) is 12.7 Å². The van der Waals surface area contributed by atoms with Crippen LogP contribution in [0.2, 0.25) is 0 Å². The fraction of sp³-hybridized carbons (Fsp3) is 0.231. The third-order valence-electron chi connectivity index (χ3n) is 2.08. The summed E-state index contributed by atoms with van der Waals surface area (Å²) in [7, 11) is 0. The molecule has 1 amide bonds. The van der Waals surface area contributed by atoms with Crippen LogP contribution < -0.4 is 5.32 Å². The highest BCUT2D eigenvalue weighted by atomic mass is 79.9. The number of nitriles is 1. The van der Waals surface area contributed by atoms with Gasteiger partial charge in [-0.05, 0) is 23.9 Å². The number of nitrogens with one attached hydrogen (secondary N) is 1. The fourth-order valence-corrected chi connectivity index (χ4v) is 1.29. The highest BCUT2D eigenvalue weighted by molar-refractivity contribution is 9.12. The molecular formula is C13H11BrN2O2. The van der Waals surface area contributed by atoms with Crippen molar-refractivity contribution in [3.8, 4) is 16.8 Å². The van der Waals surface area contributed by atoms with Crippen LogP contribution in [0.5, 0.6) is 0 Å². The number of nitrogens with zero attached hydrogens (tertiary/aromatic N) is 1. The van der Waals surface area contributed by atoms with E-state index < -0.39 is 6.23 Å². The van der Waals surface area contributed by atoms with Crippen LogP contribution in [0.1, 0.15) is 15.9 Å². The van der Waals surface area contributed by atoms with Crippen molar-refractivity contribution in [2.45, 2.75) is 13.2 Å². The van der Waals surface area contributed by atoms with E-state index in [1.165, 1.54) is 0 Å². The van der Waals surface area contributed by atoms with Crippen molar-refractivity contribution in [3.05, 3.63) is 35.4 Å². The molecule has 0 aliphatic heterocycles. The molecule has 0 heterocycles. The summed E-state index contributed by atoms with van der Waals surface area (Å²) in [6.07, 6.45) is -1.01. The fourth-order valence-electron chi connectivity index (χ4n) is 1.17. The van der Waals surface area contributed by atoms with E-state index in [1.54, 1.807) is 12.1 Å². The summed E-state index contributed by atoms with van der Waals surface area (Å²) in [6.45, 7) is 2.00. The van der Waals surface area contributed by atoms with Gasteiger partial charge >= 0.3 is 0 Å². The second-order valence-corrected chi connectivity index (χ2v) is 3.83. The van der Waals surface area contributed by atoms with E-state index in [0.717, 1.165) is 5.56 Å². The molecule has 1 N–H and O–H groups in total. The van der Waals surface area contributed by atoms with Crippen molar-refractivity contribution in [2.24, 2.45) is 0 Å². The minimum Gasteiger partial charge on any atom is -0.332 e. The van der Waals surface area contributed by atoms with Crippen molar-refractivity contribution in [3.63, 3.8) is 0 Å². The standard InChI is InChI=1S/C13H11BrN2O2/c1-10-3-5-11(6-4-10)13(17)16-12(9-15)18-8-2-7-14/h3-6,12H,8H2,1H3,(H,16,17). The number of halogens is 1. The first-order valence-corrected chi connectivity index (χ1v) is 5.94. The number of carbonyl (C=O) groups is 1. The maximum atomic E-state index is 11.8. The third-order valence-corrected chi connectivity index (χ3v) is 2.36. The first-order chi connectivity index (χ1) is 8.67. The van der Waals surface area contributed by atoms with Crippen molar-refractivity contribution < 1.29 is 9.53 Å². The second kappa shape index (κ2) is 7.50. The number of benzene rings is 1. The number of carbonyl (C=O) groups excluding carboxylic acids is 1. The van der Waals surface area contributed by atoms with Crippen molar-refractivity contribution in [1.82, 2.24) is 5.32 Å². The molecule has 1 rings (SSSR count). The van der Waals surface area contributed by atoms with Crippen LogP contribution in [-0.4, -0.2) is 18.7 Å². The lowest BCUT2D eigenvalue weighted by Crippen LogP contribution is -2.35. The lowest BCUT2D eigenvalue weighted by atomic mass is 10.1. The van der Waals surface area contributed by atoms with Crippen LogP contribution in [0, 0.1) is 29.0 Å². The first-order valence-electron chi connectivity index (χ1n) is 5.14. The summed E-state index contributed by atoms with van der Waals surface area (Å²) in [6, 6.07) is 8.87. The summed E-state index contributed by atoms with van der Waals surface area (Å²) in [5.41, 5.74) is 1.54. The summed E-state index contributed by atoms with van der Waals surface area (Å²) in [4.78, 5) is 14.2. The highest BCUT2D eigenvalue weighted by Gasteiger charge is 2.12. The number of rotatable bonds is 4. The second-order valence-electron chi connectivity index (χ2n) is 3.43. The zero-order valence-corrected chi connectivity index (χ0v) is 11.3. The minimum atomic E-state index is -1.01. The molecule has 4 nitrogen and oxygen atoms in total. The average Bonchev–Trinajstić information content (AvgIpc) is 2.38. The zero-order valence-electron chi connectivity index (χ0n) is 9.74. The molecule has 0 fully saturated rings. The Morgan fingerprint density at radius 1 is 1.50 bits per heavy atom. The molecule has 0 saturated carbocycles. The molecule has 0 bridgehead atoms. The molecule has 92 valence electrons. The third kappa shape index (κ3) is 4.58. The summed E-state index contributed by atoms with van der Waals surface area (Å²) >= 11 is 2.90. The quantitative estimate of drug-likeness (QED) is 0.683. The molecule has 1 aromatic rings. The van der Waals surface area contributed by atoms with E-state index in [1.807, 2.05) is 25.1 Å². The Morgan fingerprint density at radius 3 is 2.72 bits per heavy atom. The van der Waals surface area contributed by atoms with Gasteiger partial charge in [-0.15, -0.1) is 0 Å². The Bertz CT molecular complexity index is 509. The maximum absolute atomic E-state index is 11.8. The molecule has 0 spiro atoms. The number of aryl methyl sites for hydroxylation is 1. The minimum absolute atomic E-state index is 0.0671. The number of hydrogen-bond acceptors (Lipinski definition) is 3. The Morgan fingerprint density at radius 2 is 2.17 bits per heavy atom. The Kier molecular flexibility index (Phi) is 5.93. The maximum Gasteiger partial charge on any atom is 0.254 e. The van der Waals surface area contributed by atoms with Gasteiger partial charge in [-0.1, -0.05) is 23.6 Å². The van der Waals surface area contributed by atoms with Crippen molar-refractivity contribution >= 4 is 21.8 Å². The predicted molar refractivity (Wildman–Crippen MR) is 70.7 cm³/mol. The molecule has 0 radical (unpaired) electrons. The molecule has 0 aliphatic rings. The van der Waals surface area contributed by atoms with E-state index in [-0.39, 0.29) is 12.5 Å². The zero-order chi connectivity index (χ0) is 13.4. The number of hydrogen-bond donors (Lipinski definition) is 1. The van der Waals surface area contributed by atoms with Crippen LogP contribution in [0.25, 0.3) is 0 Å². The number of ether oxygens (including phenoxy) is 1. The molecular weight excluding hydrogens is 296 g/mol. The molecule has 0 aliphatic carbocycles. The van der Waals surface area contributed by atoms with Gasteiger partial charge in [-0.25, -0.2) is 0 Å². The van der Waals surface area contributed by atoms with Crippen LogP contribution in [-0.2, 0) is 4.74 Å². The van der Waals surface area contributed by atoms with E-state index in [9.17, 15) is 4.79 Å². The summed E-state index contributed by atoms with van der Waals surface area (Å²) < 4.78 is 5.05. The van der Waals surface area contributed by atoms with E-state index in [0.29, 0.717) is 5.56 Å². The van der Waals surface area contributed by atoms with Crippen LogP contribution >= 0.6 is 15.9 Å². The normalized spacial score (nSPS) is 10.7. The van der Waals surface area contributed by atoms with Crippen LogP contribution in [0.4, 0.5) is 0 Å². The van der Waals surface area contributed by atoms with Gasteiger partial charge in [0.15, 0.2) is 0 Å². The summed E-state index contributed by atoms with van der Waals surface area (Å²) in [5.74, 6) is 2.22. The SMILES string of the molecule is Cc1ccc(C(=O)NC(C#N)OCC#CBr)cc1. The Balaban J connectivity index is 2.59. The lowest BCUT2D eigenvalue weighted by Gasteiger charge is -2.10. The molecule has 0 aromatic heterocycles. The topological polar surface area (TPSA) is 62.1 Å². The Hall–Kier alpha value is -1.82. The predicted octanol–water partition coefficient (Wildman–Crippen LogP) is 1.95. The summed E-state index contributed by atoms with van der Waals surface area (Å²) in [5, 5.41) is 11.3. The van der Waals surface area contributed by atoms with Gasteiger partial charge in [-0.3, -0.25) is 4.79 Å². The van der Waals surface area contributed by atoms with Crippen LogP contribution in [0.15, 0.2) is 24.3 Å². The van der Waals surface area contributed by atoms with Gasteiger partial charge in [0.05, 0.1) is 0 Å². The van der Waals surface area contributed by atoms with Gasteiger partial charge in [0, 0.05) is 21.5 Å². The van der Waals surface area contributed by atoms with Gasteiger partial charge in [0.25, 0.3) is 5.91 Å². The molecule has 18 heavy (non-hydrogen) atoms. The van der Waals surface area contributed by atoms with E-state index >= 15 is 0 Å². The molecule has 1 atom stereocenters. The first kappa shape index (κ1) is 14.2. The molecule has 1 unspecified atom stereocenters. The van der Waals surface area contributed by atoms with E-state index in [4.69, 9.17) is 10.00 Å². The van der Waals surface area contributed by atoms with Gasteiger partial charge in [-0.2, -0.15) is 5.26 Å². The van der Waals surface area contributed by atoms with Crippen molar-refractivity contribution in [1.29, 1.82) is 5.26 Å². The van der Waals surface area contributed by atoms with E-state index in [2.05, 4.69) is 32.0 Å². The lowest BCUT2D eigenvalue weighted by molar-refractivity contribution is 0.0685. The monoisotopic (exact) mass is 306 g/mol. The largest absolute Gasteiger partial charge is 0.332 e. The van der Waals surface area contributed by atoms with Crippen molar-refractivity contribution in [2.75, 3.05) is 6.61 Å². The Labute approximate surface area is 114 Å². The highest BCUT2D eigenvalue weighted by Crippen LogP contribution is 2.03. The molecule has 0 saturated heterocycles. The van der Waals surface area contributed by atoms with Gasteiger partial charge in [0.2, 0.25) is 6.23 Å².